The van der Waals surface area contributed by atoms with Crippen LogP contribution >= 0.6 is 0 Å². The van der Waals surface area contributed by atoms with E-state index >= 15 is 0 Å². The maximum atomic E-state index is 11.7. The van der Waals surface area contributed by atoms with Gasteiger partial charge in [-0.1, -0.05) is 12.1 Å². The van der Waals surface area contributed by atoms with E-state index in [2.05, 4.69) is 5.32 Å². The van der Waals surface area contributed by atoms with Crippen LogP contribution in [-0.2, 0) is 16.0 Å². The molecule has 1 atom stereocenters. The molecule has 0 unspecified atom stereocenters. The van der Waals surface area contributed by atoms with Crippen LogP contribution < -0.4 is 11.1 Å². The Morgan fingerprint density at radius 2 is 2.00 bits per heavy atom. The summed E-state index contributed by atoms with van der Waals surface area (Å²) in [5.74, 6) is -0.00358. The van der Waals surface area contributed by atoms with Gasteiger partial charge >= 0.3 is 0 Å². The standard InChI is InChI=1S/C14H20N2O3/c15-13(10-11-4-6-12(18)7-5-11)14(19)16-8-2-1-3-9-17/h4-7,9,13,18H,1-3,8,10,15H2,(H,16,19)/t13-/m0/s1. The molecule has 0 saturated carbocycles. The van der Waals surface area contributed by atoms with Crippen molar-refractivity contribution in [3.63, 3.8) is 0 Å². The van der Waals surface area contributed by atoms with Gasteiger partial charge in [-0.2, -0.15) is 0 Å². The Balaban J connectivity index is 2.28. The van der Waals surface area contributed by atoms with Gasteiger partial charge in [-0.3, -0.25) is 4.79 Å². The number of amides is 1. The molecule has 1 rings (SSSR count). The molecule has 5 heteroatoms. The first-order chi connectivity index (χ1) is 9.13. The molecule has 0 heterocycles. The van der Waals surface area contributed by atoms with Gasteiger partial charge in [-0.15, -0.1) is 0 Å². The van der Waals surface area contributed by atoms with E-state index in [4.69, 9.17) is 10.8 Å². The second-order valence-corrected chi connectivity index (χ2v) is 4.43. The number of hydrogen-bond donors (Lipinski definition) is 3. The van der Waals surface area contributed by atoms with Gasteiger partial charge in [0.15, 0.2) is 0 Å². The lowest BCUT2D eigenvalue weighted by Gasteiger charge is -2.12. The van der Waals surface area contributed by atoms with Crippen molar-refractivity contribution >= 4 is 12.2 Å². The van der Waals surface area contributed by atoms with Crippen LogP contribution in [0.15, 0.2) is 24.3 Å². The molecule has 0 aliphatic heterocycles. The molecule has 0 saturated heterocycles. The zero-order chi connectivity index (χ0) is 14.1. The molecule has 0 aliphatic carbocycles. The van der Waals surface area contributed by atoms with Crippen molar-refractivity contribution in [3.8, 4) is 5.75 Å². The summed E-state index contributed by atoms with van der Waals surface area (Å²) < 4.78 is 0. The minimum Gasteiger partial charge on any atom is -0.508 e. The molecular formula is C14H20N2O3. The number of carbonyl (C=O) groups excluding carboxylic acids is 2. The van der Waals surface area contributed by atoms with E-state index in [9.17, 15) is 9.59 Å². The maximum absolute atomic E-state index is 11.7. The average Bonchev–Trinajstić information content (AvgIpc) is 2.41. The van der Waals surface area contributed by atoms with Crippen LogP contribution in [0.5, 0.6) is 5.75 Å². The van der Waals surface area contributed by atoms with Crippen LogP contribution in [0.25, 0.3) is 0 Å². The number of carbonyl (C=O) groups is 2. The summed E-state index contributed by atoms with van der Waals surface area (Å²) in [6, 6.07) is 6.02. The molecule has 1 aromatic carbocycles. The number of phenolic OH excluding ortho intramolecular Hbond substituents is 1. The third kappa shape index (κ3) is 6.01. The third-order valence-corrected chi connectivity index (χ3v) is 2.78. The second kappa shape index (κ2) is 8.26. The largest absolute Gasteiger partial charge is 0.508 e. The Hall–Kier alpha value is -1.88. The molecule has 1 aromatic rings. The van der Waals surface area contributed by atoms with Gasteiger partial charge in [0.1, 0.15) is 12.0 Å². The van der Waals surface area contributed by atoms with E-state index in [1.807, 2.05) is 0 Å². The number of hydrogen-bond acceptors (Lipinski definition) is 4. The van der Waals surface area contributed by atoms with Crippen molar-refractivity contribution < 1.29 is 14.7 Å². The van der Waals surface area contributed by atoms with Gasteiger partial charge in [0.25, 0.3) is 0 Å². The number of rotatable bonds is 8. The van der Waals surface area contributed by atoms with Crippen LogP contribution in [0.4, 0.5) is 0 Å². The first-order valence-electron chi connectivity index (χ1n) is 6.38. The van der Waals surface area contributed by atoms with E-state index in [-0.39, 0.29) is 11.7 Å². The summed E-state index contributed by atoms with van der Waals surface area (Å²) in [7, 11) is 0. The summed E-state index contributed by atoms with van der Waals surface area (Å²) in [5.41, 5.74) is 6.70. The molecule has 0 radical (unpaired) electrons. The number of aromatic hydroxyl groups is 1. The molecule has 0 spiro atoms. The maximum Gasteiger partial charge on any atom is 0.237 e. The predicted octanol–water partition coefficient (Wildman–Crippen LogP) is 0.747. The Morgan fingerprint density at radius 1 is 1.32 bits per heavy atom. The predicted molar refractivity (Wildman–Crippen MR) is 72.7 cm³/mol. The summed E-state index contributed by atoms with van der Waals surface area (Å²) in [6.07, 6.45) is 3.38. The zero-order valence-electron chi connectivity index (χ0n) is 10.8. The number of phenols is 1. The Morgan fingerprint density at radius 3 is 2.63 bits per heavy atom. The van der Waals surface area contributed by atoms with Crippen LogP contribution in [-0.4, -0.2) is 29.9 Å². The number of aldehydes is 1. The fraction of sp³-hybridized carbons (Fsp3) is 0.429. The average molecular weight is 264 g/mol. The van der Waals surface area contributed by atoms with E-state index in [1.54, 1.807) is 24.3 Å². The van der Waals surface area contributed by atoms with Crippen LogP contribution in [0.1, 0.15) is 24.8 Å². The summed E-state index contributed by atoms with van der Waals surface area (Å²) in [4.78, 5) is 21.8. The second-order valence-electron chi connectivity index (χ2n) is 4.43. The lowest BCUT2D eigenvalue weighted by atomic mass is 10.1. The van der Waals surface area contributed by atoms with E-state index in [1.165, 1.54) is 0 Å². The van der Waals surface area contributed by atoms with Crippen LogP contribution in [0, 0.1) is 0 Å². The van der Waals surface area contributed by atoms with Crippen molar-refractivity contribution in [2.75, 3.05) is 6.54 Å². The number of nitrogens with one attached hydrogen (secondary N) is 1. The molecule has 19 heavy (non-hydrogen) atoms. The Bertz CT molecular complexity index is 404. The molecule has 104 valence electrons. The Labute approximate surface area is 112 Å². The molecule has 0 bridgehead atoms. The summed E-state index contributed by atoms with van der Waals surface area (Å²) >= 11 is 0. The van der Waals surface area contributed by atoms with Crippen molar-refractivity contribution in [1.82, 2.24) is 5.32 Å². The quantitative estimate of drug-likeness (QED) is 0.477. The minimum absolute atomic E-state index is 0.192. The van der Waals surface area contributed by atoms with Crippen molar-refractivity contribution in [1.29, 1.82) is 0 Å². The molecule has 5 nitrogen and oxygen atoms in total. The number of unbranched alkanes of at least 4 members (excludes halogenated alkanes) is 2. The zero-order valence-corrected chi connectivity index (χ0v) is 10.8. The normalized spacial score (nSPS) is 11.8. The summed E-state index contributed by atoms with van der Waals surface area (Å²) in [5, 5.41) is 11.9. The Kier molecular flexibility index (Phi) is 6.60. The highest BCUT2D eigenvalue weighted by Gasteiger charge is 2.13. The van der Waals surface area contributed by atoms with Crippen molar-refractivity contribution in [2.24, 2.45) is 5.73 Å². The lowest BCUT2D eigenvalue weighted by molar-refractivity contribution is -0.122. The van der Waals surface area contributed by atoms with Crippen LogP contribution in [0.2, 0.25) is 0 Å². The first kappa shape index (κ1) is 15.2. The highest BCUT2D eigenvalue weighted by molar-refractivity contribution is 5.81. The van der Waals surface area contributed by atoms with Crippen molar-refractivity contribution in [2.45, 2.75) is 31.7 Å². The van der Waals surface area contributed by atoms with Gasteiger partial charge in [0.05, 0.1) is 6.04 Å². The molecule has 0 aromatic heterocycles. The van der Waals surface area contributed by atoms with Gasteiger partial charge < -0.3 is 21.0 Å². The lowest BCUT2D eigenvalue weighted by Crippen LogP contribution is -2.42. The molecule has 0 aliphatic rings. The number of benzene rings is 1. The molecular weight excluding hydrogens is 244 g/mol. The van der Waals surface area contributed by atoms with Gasteiger partial charge in [-0.25, -0.2) is 0 Å². The van der Waals surface area contributed by atoms with Crippen LogP contribution in [0.3, 0.4) is 0 Å². The number of nitrogens with two attached hydrogens (primary N) is 1. The monoisotopic (exact) mass is 264 g/mol. The molecule has 0 fully saturated rings. The van der Waals surface area contributed by atoms with Gasteiger partial charge in [0.2, 0.25) is 5.91 Å². The van der Waals surface area contributed by atoms with Crippen molar-refractivity contribution in [3.05, 3.63) is 29.8 Å². The topological polar surface area (TPSA) is 92.4 Å². The minimum atomic E-state index is -0.601. The first-order valence-corrected chi connectivity index (χ1v) is 6.38. The smallest absolute Gasteiger partial charge is 0.237 e. The fourth-order valence-electron chi connectivity index (χ4n) is 1.67. The SMILES string of the molecule is N[C@@H](Cc1ccc(O)cc1)C(=O)NCCCCC=O. The van der Waals surface area contributed by atoms with E-state index in [0.29, 0.717) is 19.4 Å². The van der Waals surface area contributed by atoms with E-state index < -0.39 is 6.04 Å². The summed E-state index contributed by atoms with van der Waals surface area (Å²) in [6.45, 7) is 0.538. The van der Waals surface area contributed by atoms with Gasteiger partial charge in [0, 0.05) is 13.0 Å². The molecule has 4 N–H and O–H groups in total. The van der Waals surface area contributed by atoms with E-state index in [0.717, 1.165) is 24.7 Å². The molecule has 1 amide bonds. The fourth-order valence-corrected chi connectivity index (χ4v) is 1.67. The van der Waals surface area contributed by atoms with Gasteiger partial charge in [-0.05, 0) is 37.0 Å². The highest BCUT2D eigenvalue weighted by Crippen LogP contribution is 2.10. The third-order valence-electron chi connectivity index (χ3n) is 2.78. The highest BCUT2D eigenvalue weighted by atomic mass is 16.3.